The molecule has 1 unspecified atom stereocenters. The predicted molar refractivity (Wildman–Crippen MR) is 90.5 cm³/mol. The molecular weight excluding hydrogens is 302 g/mol. The number of anilines is 1. The summed E-state index contributed by atoms with van der Waals surface area (Å²) in [6.45, 7) is 6.34. The minimum Gasteiger partial charge on any atom is -0.330 e. The number of Topliss-reactive ketones (excluding diaryl/α,β-unsaturated/α-hetero) is 1. The number of likely N-dealkylation sites (tertiary alicyclic amines) is 1. The number of halogens is 1. The quantitative estimate of drug-likeness (QED) is 0.811. The Balaban J connectivity index is 0.00000242. The summed E-state index contributed by atoms with van der Waals surface area (Å²) in [7, 11) is 0. The average Bonchev–Trinajstić information content (AvgIpc) is 2.81. The Morgan fingerprint density at radius 1 is 1.36 bits per heavy atom. The minimum atomic E-state index is -0.0926. The number of nitrogens with two attached hydrogens (primary N) is 1. The van der Waals surface area contributed by atoms with Gasteiger partial charge in [0, 0.05) is 12.1 Å². The van der Waals surface area contributed by atoms with Crippen LogP contribution < -0.4 is 11.1 Å². The van der Waals surface area contributed by atoms with Gasteiger partial charge in [0.2, 0.25) is 5.91 Å². The number of nitrogens with zero attached hydrogens (tertiary/aromatic N) is 1. The van der Waals surface area contributed by atoms with E-state index in [2.05, 4.69) is 17.1 Å². The molecule has 0 saturated carbocycles. The van der Waals surface area contributed by atoms with Gasteiger partial charge >= 0.3 is 0 Å². The molecule has 1 aliphatic rings. The van der Waals surface area contributed by atoms with Gasteiger partial charge in [0.05, 0.1) is 12.2 Å². The van der Waals surface area contributed by atoms with E-state index in [1.807, 2.05) is 6.07 Å². The van der Waals surface area contributed by atoms with E-state index in [1.54, 1.807) is 18.2 Å². The van der Waals surface area contributed by atoms with E-state index in [0.29, 0.717) is 24.3 Å². The first-order valence-corrected chi connectivity index (χ1v) is 7.26. The summed E-state index contributed by atoms with van der Waals surface area (Å²) in [4.78, 5) is 25.8. The van der Waals surface area contributed by atoms with E-state index in [-0.39, 0.29) is 29.5 Å². The van der Waals surface area contributed by atoms with Crippen LogP contribution in [0.3, 0.4) is 0 Å². The summed E-state index contributed by atoms with van der Waals surface area (Å²) in [6.07, 6.45) is 1.01. The number of hydrogen-bond donors (Lipinski definition) is 2. The lowest BCUT2D eigenvalue weighted by atomic mass is 9.90. The molecule has 1 saturated heterocycles. The molecule has 1 atom stereocenters. The van der Waals surface area contributed by atoms with Gasteiger partial charge in [0.1, 0.15) is 0 Å². The number of benzene rings is 1. The predicted octanol–water partition coefficient (Wildman–Crippen LogP) is 1.92. The van der Waals surface area contributed by atoms with Crippen molar-refractivity contribution in [2.45, 2.75) is 20.3 Å². The van der Waals surface area contributed by atoms with Crippen molar-refractivity contribution in [3.63, 3.8) is 0 Å². The molecule has 1 aromatic carbocycles. The maximum absolute atomic E-state index is 12.1. The fourth-order valence-corrected chi connectivity index (χ4v) is 2.72. The minimum absolute atomic E-state index is 0. The molecule has 1 aliphatic heterocycles. The molecule has 0 bridgehead atoms. The normalized spacial score (nSPS) is 21.2. The SMILES string of the molecule is CC(=O)c1ccccc1NC(=O)CN1CCC(C)(CN)C1.Cl. The molecule has 122 valence electrons. The Bertz CT molecular complexity index is 550. The van der Waals surface area contributed by atoms with Crippen LogP contribution in [0.4, 0.5) is 5.69 Å². The summed E-state index contributed by atoms with van der Waals surface area (Å²) in [6, 6.07) is 7.07. The zero-order valence-electron chi connectivity index (χ0n) is 13.1. The highest BCUT2D eigenvalue weighted by atomic mass is 35.5. The van der Waals surface area contributed by atoms with Gasteiger partial charge in [-0.2, -0.15) is 0 Å². The largest absolute Gasteiger partial charge is 0.330 e. The van der Waals surface area contributed by atoms with Crippen LogP contribution in [0.25, 0.3) is 0 Å². The van der Waals surface area contributed by atoms with Crippen LogP contribution in [-0.2, 0) is 4.79 Å². The lowest BCUT2D eigenvalue weighted by molar-refractivity contribution is -0.117. The molecule has 1 heterocycles. The number of carbonyl (C=O) groups excluding carboxylic acids is 2. The Hall–Kier alpha value is -1.43. The fourth-order valence-electron chi connectivity index (χ4n) is 2.72. The third-order valence-electron chi connectivity index (χ3n) is 4.08. The lowest BCUT2D eigenvalue weighted by Gasteiger charge is -2.22. The molecule has 0 aliphatic carbocycles. The van der Waals surface area contributed by atoms with E-state index in [0.717, 1.165) is 19.5 Å². The summed E-state index contributed by atoms with van der Waals surface area (Å²) in [5.41, 5.74) is 7.00. The van der Waals surface area contributed by atoms with Crippen molar-refractivity contribution in [2.24, 2.45) is 11.1 Å². The van der Waals surface area contributed by atoms with Crippen LogP contribution >= 0.6 is 12.4 Å². The average molecular weight is 326 g/mol. The van der Waals surface area contributed by atoms with E-state index >= 15 is 0 Å². The molecule has 1 aromatic rings. The number of amides is 1. The Morgan fingerprint density at radius 2 is 2.05 bits per heavy atom. The zero-order chi connectivity index (χ0) is 15.5. The molecule has 6 heteroatoms. The van der Waals surface area contributed by atoms with Gasteiger partial charge in [-0.05, 0) is 44.0 Å². The number of hydrogen-bond acceptors (Lipinski definition) is 4. The highest BCUT2D eigenvalue weighted by Gasteiger charge is 2.33. The molecule has 1 fully saturated rings. The number of nitrogens with one attached hydrogen (secondary N) is 1. The van der Waals surface area contributed by atoms with Crippen LogP contribution in [-0.4, -0.2) is 42.8 Å². The number of rotatable bonds is 5. The van der Waals surface area contributed by atoms with E-state index in [1.165, 1.54) is 6.92 Å². The van der Waals surface area contributed by atoms with E-state index in [9.17, 15) is 9.59 Å². The van der Waals surface area contributed by atoms with Crippen LogP contribution in [0.15, 0.2) is 24.3 Å². The van der Waals surface area contributed by atoms with Crippen molar-refractivity contribution in [2.75, 3.05) is 31.5 Å². The van der Waals surface area contributed by atoms with E-state index < -0.39 is 0 Å². The summed E-state index contributed by atoms with van der Waals surface area (Å²) < 4.78 is 0. The van der Waals surface area contributed by atoms with Crippen molar-refractivity contribution in [3.8, 4) is 0 Å². The van der Waals surface area contributed by atoms with Gasteiger partial charge in [-0.1, -0.05) is 19.1 Å². The fraction of sp³-hybridized carbons (Fsp3) is 0.500. The van der Waals surface area contributed by atoms with Crippen molar-refractivity contribution < 1.29 is 9.59 Å². The van der Waals surface area contributed by atoms with Crippen molar-refractivity contribution in [3.05, 3.63) is 29.8 Å². The second-order valence-electron chi connectivity index (χ2n) is 6.13. The topological polar surface area (TPSA) is 75.4 Å². The molecule has 5 nitrogen and oxygen atoms in total. The molecule has 0 aromatic heterocycles. The number of para-hydroxylation sites is 1. The van der Waals surface area contributed by atoms with Crippen molar-refractivity contribution >= 4 is 29.8 Å². The van der Waals surface area contributed by atoms with Crippen LogP contribution in [0.2, 0.25) is 0 Å². The highest BCUT2D eigenvalue weighted by Crippen LogP contribution is 2.28. The molecule has 3 N–H and O–H groups in total. The zero-order valence-corrected chi connectivity index (χ0v) is 13.9. The second kappa shape index (κ2) is 7.72. The molecule has 0 spiro atoms. The highest BCUT2D eigenvalue weighted by molar-refractivity contribution is 6.04. The molecule has 2 rings (SSSR count). The summed E-state index contributed by atoms with van der Waals surface area (Å²) >= 11 is 0. The van der Waals surface area contributed by atoms with Gasteiger partial charge < -0.3 is 11.1 Å². The first kappa shape index (κ1) is 18.6. The van der Waals surface area contributed by atoms with Crippen molar-refractivity contribution in [1.29, 1.82) is 0 Å². The maximum Gasteiger partial charge on any atom is 0.238 e. The van der Waals surface area contributed by atoms with Crippen LogP contribution in [0.5, 0.6) is 0 Å². The van der Waals surface area contributed by atoms with Crippen LogP contribution in [0.1, 0.15) is 30.6 Å². The molecular formula is C16H24ClN3O2. The maximum atomic E-state index is 12.1. The van der Waals surface area contributed by atoms with Crippen LogP contribution in [0, 0.1) is 5.41 Å². The standard InChI is InChI=1S/C16H23N3O2.ClH/c1-12(20)13-5-3-4-6-14(13)18-15(21)9-19-8-7-16(2,10-17)11-19;/h3-6H,7-11,17H2,1-2H3,(H,18,21);1H. The Kier molecular flexibility index (Phi) is 6.53. The third kappa shape index (κ3) is 4.53. The number of ketones is 1. The molecule has 1 amide bonds. The van der Waals surface area contributed by atoms with Gasteiger partial charge in [0.15, 0.2) is 5.78 Å². The van der Waals surface area contributed by atoms with E-state index in [4.69, 9.17) is 5.73 Å². The monoisotopic (exact) mass is 325 g/mol. The summed E-state index contributed by atoms with van der Waals surface area (Å²) in [5.74, 6) is -0.146. The molecule has 0 radical (unpaired) electrons. The number of carbonyl (C=O) groups is 2. The third-order valence-corrected chi connectivity index (χ3v) is 4.08. The van der Waals surface area contributed by atoms with Gasteiger partial charge in [-0.3, -0.25) is 14.5 Å². The smallest absolute Gasteiger partial charge is 0.238 e. The van der Waals surface area contributed by atoms with Crippen molar-refractivity contribution in [1.82, 2.24) is 4.90 Å². The van der Waals surface area contributed by atoms with Gasteiger partial charge in [0.25, 0.3) is 0 Å². The molecule has 22 heavy (non-hydrogen) atoms. The first-order valence-electron chi connectivity index (χ1n) is 7.26. The van der Waals surface area contributed by atoms with Gasteiger partial charge in [-0.25, -0.2) is 0 Å². The second-order valence-corrected chi connectivity index (χ2v) is 6.13. The summed E-state index contributed by atoms with van der Waals surface area (Å²) in [5, 5.41) is 2.83. The Labute approximate surface area is 137 Å². The first-order chi connectivity index (χ1) is 9.93. The lowest BCUT2D eigenvalue weighted by Crippen LogP contribution is -2.35. The Morgan fingerprint density at radius 3 is 2.64 bits per heavy atom. The van der Waals surface area contributed by atoms with Gasteiger partial charge in [-0.15, -0.1) is 12.4 Å².